The lowest BCUT2D eigenvalue weighted by atomic mass is 10.4. The van der Waals surface area contributed by atoms with Crippen LogP contribution < -0.4 is 0 Å². The molecule has 0 atom stereocenters. The van der Waals surface area contributed by atoms with E-state index in [1.165, 1.54) is 12.8 Å². The van der Waals surface area contributed by atoms with E-state index in [9.17, 15) is 0 Å². The highest BCUT2D eigenvalue weighted by molar-refractivity contribution is 5.69. The van der Waals surface area contributed by atoms with Crippen LogP contribution in [0.5, 0.6) is 0 Å². The molecule has 0 N–H and O–H groups in total. The summed E-state index contributed by atoms with van der Waals surface area (Å²) in [4.78, 5) is 8.47. The number of nitrogens with zero attached hydrogens (tertiary/aromatic N) is 3. The van der Waals surface area contributed by atoms with Gasteiger partial charge in [-0.05, 0) is 30.9 Å². The highest BCUT2D eigenvalue weighted by Crippen LogP contribution is 2.31. The van der Waals surface area contributed by atoms with E-state index in [2.05, 4.69) is 16.3 Å². The van der Waals surface area contributed by atoms with Crippen molar-refractivity contribution in [1.29, 1.82) is 0 Å². The van der Waals surface area contributed by atoms with Gasteiger partial charge in [-0.15, -0.1) is 0 Å². The maximum atomic E-state index is 4.29. The second kappa shape index (κ2) is 2.55. The first-order chi connectivity index (χ1) is 6.43. The van der Waals surface area contributed by atoms with Crippen molar-refractivity contribution in [3.05, 3.63) is 24.7 Å². The molecule has 0 aliphatic heterocycles. The summed E-state index contributed by atoms with van der Waals surface area (Å²) in [6, 6.07) is 3.88. The van der Waals surface area contributed by atoms with Gasteiger partial charge < -0.3 is 4.57 Å². The predicted octanol–water partition coefficient (Wildman–Crippen LogP) is 1.64. The van der Waals surface area contributed by atoms with Crippen molar-refractivity contribution in [3.8, 4) is 0 Å². The standard InChI is InChI=1S/C10H10N3/c1-2-9-10(11-5-1)13(7-12-9)6-8-3-4-8/h1-2,5,8H,3-4,6H2. The summed E-state index contributed by atoms with van der Waals surface area (Å²) in [5.41, 5.74) is 1.91. The molecule has 0 saturated heterocycles. The zero-order valence-electron chi connectivity index (χ0n) is 7.27. The Morgan fingerprint density at radius 2 is 2.46 bits per heavy atom. The van der Waals surface area contributed by atoms with Crippen molar-refractivity contribution in [1.82, 2.24) is 14.5 Å². The Morgan fingerprint density at radius 1 is 1.54 bits per heavy atom. The molecular formula is C10H10N3. The van der Waals surface area contributed by atoms with Crippen molar-refractivity contribution in [2.45, 2.75) is 19.4 Å². The number of hydrogen-bond donors (Lipinski definition) is 0. The molecule has 13 heavy (non-hydrogen) atoms. The third-order valence-corrected chi connectivity index (χ3v) is 2.45. The van der Waals surface area contributed by atoms with Crippen molar-refractivity contribution >= 4 is 11.2 Å². The van der Waals surface area contributed by atoms with E-state index in [0.29, 0.717) is 0 Å². The summed E-state index contributed by atoms with van der Waals surface area (Å²) in [5, 5.41) is 0. The highest BCUT2D eigenvalue weighted by Gasteiger charge is 2.22. The first kappa shape index (κ1) is 7.06. The first-order valence-corrected chi connectivity index (χ1v) is 4.62. The molecule has 2 aromatic heterocycles. The molecule has 1 aliphatic carbocycles. The SMILES string of the molecule is [c]1nc2cccnc2n1CC1CC1. The third kappa shape index (κ3) is 1.20. The summed E-state index contributed by atoms with van der Waals surface area (Å²) >= 11 is 0. The van der Waals surface area contributed by atoms with E-state index >= 15 is 0 Å². The van der Waals surface area contributed by atoms with E-state index in [4.69, 9.17) is 0 Å². The molecule has 0 unspecified atom stereocenters. The van der Waals surface area contributed by atoms with Gasteiger partial charge in [-0.25, -0.2) is 9.97 Å². The molecule has 0 bridgehead atoms. The number of fused-ring (bicyclic) bond motifs is 1. The molecule has 0 aromatic carbocycles. The fourth-order valence-electron chi connectivity index (χ4n) is 1.53. The summed E-state index contributed by atoms with van der Waals surface area (Å²) < 4.78 is 2.03. The van der Waals surface area contributed by atoms with E-state index in [1.807, 2.05) is 16.7 Å². The second-order valence-corrected chi connectivity index (χ2v) is 3.61. The minimum absolute atomic E-state index is 0.843. The summed E-state index contributed by atoms with van der Waals surface area (Å²) in [5.74, 6) is 0.843. The lowest BCUT2D eigenvalue weighted by Crippen LogP contribution is -1.98. The van der Waals surface area contributed by atoms with Gasteiger partial charge >= 0.3 is 0 Å². The molecule has 1 radical (unpaired) electrons. The summed E-state index contributed by atoms with van der Waals surface area (Å²) in [7, 11) is 0. The van der Waals surface area contributed by atoms with Crippen LogP contribution in [0.4, 0.5) is 0 Å². The zero-order valence-corrected chi connectivity index (χ0v) is 7.27. The predicted molar refractivity (Wildman–Crippen MR) is 49.1 cm³/mol. The number of aromatic nitrogens is 3. The van der Waals surface area contributed by atoms with E-state index in [1.54, 1.807) is 6.20 Å². The van der Waals surface area contributed by atoms with Gasteiger partial charge in [-0.2, -0.15) is 0 Å². The molecule has 1 saturated carbocycles. The topological polar surface area (TPSA) is 30.7 Å². The molecule has 1 fully saturated rings. The molecule has 2 aromatic rings. The van der Waals surface area contributed by atoms with Crippen LogP contribution in [0.1, 0.15) is 12.8 Å². The molecular weight excluding hydrogens is 162 g/mol. The lowest BCUT2D eigenvalue weighted by Gasteiger charge is -1.98. The van der Waals surface area contributed by atoms with Gasteiger partial charge in [0.2, 0.25) is 0 Å². The van der Waals surface area contributed by atoms with Crippen LogP contribution in [0.15, 0.2) is 18.3 Å². The Bertz CT molecular complexity index is 428. The monoisotopic (exact) mass is 172 g/mol. The Hall–Kier alpha value is -1.38. The number of imidazole rings is 1. The van der Waals surface area contributed by atoms with Gasteiger partial charge in [-0.3, -0.25) is 0 Å². The minimum Gasteiger partial charge on any atom is -0.306 e. The average Bonchev–Trinajstić information content (AvgIpc) is 2.88. The quantitative estimate of drug-likeness (QED) is 0.689. The Kier molecular flexibility index (Phi) is 1.39. The van der Waals surface area contributed by atoms with E-state index in [0.717, 1.165) is 23.6 Å². The van der Waals surface area contributed by atoms with Crippen LogP contribution >= 0.6 is 0 Å². The van der Waals surface area contributed by atoms with Gasteiger partial charge in [0.1, 0.15) is 5.52 Å². The summed E-state index contributed by atoms with van der Waals surface area (Å²) in [6.07, 6.45) is 7.49. The molecule has 65 valence electrons. The summed E-state index contributed by atoms with van der Waals surface area (Å²) in [6.45, 7) is 1.04. The lowest BCUT2D eigenvalue weighted by molar-refractivity contribution is 0.634. The van der Waals surface area contributed by atoms with Gasteiger partial charge in [0.15, 0.2) is 12.0 Å². The van der Waals surface area contributed by atoms with Crippen molar-refractivity contribution in [2.75, 3.05) is 0 Å². The van der Waals surface area contributed by atoms with Crippen molar-refractivity contribution < 1.29 is 0 Å². The number of rotatable bonds is 2. The van der Waals surface area contributed by atoms with Crippen LogP contribution in [-0.4, -0.2) is 14.5 Å². The van der Waals surface area contributed by atoms with Gasteiger partial charge in [0.05, 0.1) is 0 Å². The van der Waals surface area contributed by atoms with Crippen LogP contribution in [0.2, 0.25) is 0 Å². The number of hydrogen-bond acceptors (Lipinski definition) is 2. The van der Waals surface area contributed by atoms with Gasteiger partial charge in [0.25, 0.3) is 0 Å². The van der Waals surface area contributed by atoms with Crippen LogP contribution in [-0.2, 0) is 6.54 Å². The fraction of sp³-hybridized carbons (Fsp3) is 0.400. The molecule has 3 nitrogen and oxygen atoms in total. The molecule has 3 heteroatoms. The molecule has 0 spiro atoms. The zero-order chi connectivity index (χ0) is 8.67. The Labute approximate surface area is 76.4 Å². The van der Waals surface area contributed by atoms with Crippen LogP contribution in [0, 0.1) is 12.2 Å². The fourth-order valence-corrected chi connectivity index (χ4v) is 1.53. The largest absolute Gasteiger partial charge is 0.306 e. The Morgan fingerprint density at radius 3 is 3.31 bits per heavy atom. The maximum absolute atomic E-state index is 4.29. The molecule has 3 rings (SSSR count). The maximum Gasteiger partial charge on any atom is 0.178 e. The first-order valence-electron chi connectivity index (χ1n) is 4.62. The Balaban J connectivity index is 2.06. The van der Waals surface area contributed by atoms with E-state index in [-0.39, 0.29) is 0 Å². The highest BCUT2D eigenvalue weighted by atomic mass is 15.1. The normalized spacial score (nSPS) is 16.6. The third-order valence-electron chi connectivity index (χ3n) is 2.45. The average molecular weight is 172 g/mol. The number of pyridine rings is 1. The van der Waals surface area contributed by atoms with Crippen molar-refractivity contribution in [2.24, 2.45) is 5.92 Å². The van der Waals surface area contributed by atoms with Gasteiger partial charge in [0, 0.05) is 12.7 Å². The van der Waals surface area contributed by atoms with Crippen LogP contribution in [0.25, 0.3) is 11.2 Å². The molecule has 1 aliphatic rings. The second-order valence-electron chi connectivity index (χ2n) is 3.61. The van der Waals surface area contributed by atoms with Crippen molar-refractivity contribution in [3.63, 3.8) is 0 Å². The van der Waals surface area contributed by atoms with E-state index < -0.39 is 0 Å². The van der Waals surface area contributed by atoms with Crippen LogP contribution in [0.3, 0.4) is 0 Å². The molecule has 2 heterocycles. The minimum atomic E-state index is 0.843. The smallest absolute Gasteiger partial charge is 0.178 e. The molecule has 0 amide bonds. The van der Waals surface area contributed by atoms with Gasteiger partial charge in [-0.1, -0.05) is 0 Å².